The predicted octanol–water partition coefficient (Wildman–Crippen LogP) is 4.42. The maximum absolute atomic E-state index is 12.3. The topological polar surface area (TPSA) is 43.1 Å². The number of carbonyl (C=O) groups excluding carboxylic acids is 1. The van der Waals surface area contributed by atoms with Crippen LogP contribution in [0, 0.1) is 6.92 Å². The highest BCUT2D eigenvalue weighted by Crippen LogP contribution is 2.24. The van der Waals surface area contributed by atoms with Crippen molar-refractivity contribution in [2.45, 2.75) is 13.3 Å². The van der Waals surface area contributed by atoms with Gasteiger partial charge < -0.3 is 5.73 Å². The van der Waals surface area contributed by atoms with Crippen LogP contribution >= 0.6 is 27.5 Å². The second kappa shape index (κ2) is 5.76. The zero-order valence-corrected chi connectivity index (χ0v) is 12.8. The van der Waals surface area contributed by atoms with Gasteiger partial charge in [-0.05, 0) is 36.2 Å². The van der Waals surface area contributed by atoms with Crippen molar-refractivity contribution in [1.82, 2.24) is 0 Å². The number of hydrogen-bond acceptors (Lipinski definition) is 2. The Labute approximate surface area is 125 Å². The second-order valence-electron chi connectivity index (χ2n) is 4.36. The third-order valence-electron chi connectivity index (χ3n) is 3.04. The van der Waals surface area contributed by atoms with Crippen LogP contribution in [0.4, 0.5) is 5.69 Å². The van der Waals surface area contributed by atoms with Crippen molar-refractivity contribution >= 4 is 39.0 Å². The van der Waals surface area contributed by atoms with Crippen molar-refractivity contribution in [3.05, 3.63) is 62.6 Å². The number of carbonyl (C=O) groups is 1. The smallest absolute Gasteiger partial charge is 0.167 e. The molecule has 4 heteroatoms. The van der Waals surface area contributed by atoms with Gasteiger partial charge >= 0.3 is 0 Å². The molecule has 0 spiro atoms. The third kappa shape index (κ3) is 3.17. The van der Waals surface area contributed by atoms with Crippen molar-refractivity contribution < 1.29 is 4.79 Å². The quantitative estimate of drug-likeness (QED) is 0.665. The van der Waals surface area contributed by atoms with E-state index in [-0.39, 0.29) is 12.2 Å². The van der Waals surface area contributed by atoms with Gasteiger partial charge in [0.25, 0.3) is 0 Å². The number of nitrogen functional groups attached to an aromatic ring is 1. The van der Waals surface area contributed by atoms with Crippen molar-refractivity contribution in [3.63, 3.8) is 0 Å². The summed E-state index contributed by atoms with van der Waals surface area (Å²) in [5, 5.41) is 0.587. The summed E-state index contributed by atoms with van der Waals surface area (Å²) in [6.45, 7) is 1.85. The SMILES string of the molecule is Cc1c(N)cccc1C(=O)Cc1ccc(Br)cc1Cl. The average Bonchev–Trinajstić information content (AvgIpc) is 2.36. The molecule has 0 aliphatic heterocycles. The van der Waals surface area contributed by atoms with Crippen molar-refractivity contribution in [2.24, 2.45) is 0 Å². The molecule has 2 rings (SSSR count). The Morgan fingerprint density at radius 3 is 2.74 bits per heavy atom. The molecule has 0 saturated carbocycles. The lowest BCUT2D eigenvalue weighted by Crippen LogP contribution is -2.07. The van der Waals surface area contributed by atoms with Crippen LogP contribution in [0.3, 0.4) is 0 Å². The molecule has 0 saturated heterocycles. The van der Waals surface area contributed by atoms with Crippen LogP contribution in [0.2, 0.25) is 5.02 Å². The van der Waals surface area contributed by atoms with E-state index in [1.165, 1.54) is 0 Å². The number of anilines is 1. The fourth-order valence-electron chi connectivity index (χ4n) is 1.89. The Hall–Kier alpha value is -1.32. The number of ketones is 1. The lowest BCUT2D eigenvalue weighted by molar-refractivity contribution is 0.0992. The highest BCUT2D eigenvalue weighted by molar-refractivity contribution is 9.10. The Kier molecular flexibility index (Phi) is 4.27. The molecule has 0 heterocycles. The highest BCUT2D eigenvalue weighted by atomic mass is 79.9. The molecule has 19 heavy (non-hydrogen) atoms. The Bertz CT molecular complexity index is 640. The van der Waals surface area contributed by atoms with Crippen LogP contribution in [0.1, 0.15) is 21.5 Å². The van der Waals surface area contributed by atoms with Gasteiger partial charge in [0.2, 0.25) is 0 Å². The van der Waals surface area contributed by atoms with E-state index < -0.39 is 0 Å². The number of halogens is 2. The number of rotatable bonds is 3. The predicted molar refractivity (Wildman–Crippen MR) is 82.8 cm³/mol. The lowest BCUT2D eigenvalue weighted by Gasteiger charge is -2.08. The number of Topliss-reactive ketones (excluding diaryl/α,β-unsaturated/α-hetero) is 1. The molecule has 0 bridgehead atoms. The van der Waals surface area contributed by atoms with E-state index in [9.17, 15) is 4.79 Å². The van der Waals surface area contributed by atoms with Gasteiger partial charge in [0, 0.05) is 27.2 Å². The minimum Gasteiger partial charge on any atom is -0.398 e. The minimum atomic E-state index is 0.0222. The summed E-state index contributed by atoms with van der Waals surface area (Å²) in [6.07, 6.45) is 0.274. The van der Waals surface area contributed by atoms with Crippen molar-refractivity contribution in [3.8, 4) is 0 Å². The molecule has 2 nitrogen and oxygen atoms in total. The van der Waals surface area contributed by atoms with E-state index in [2.05, 4.69) is 15.9 Å². The summed E-state index contributed by atoms with van der Waals surface area (Å²) in [5.41, 5.74) is 8.74. The zero-order valence-electron chi connectivity index (χ0n) is 10.4. The number of nitrogens with two attached hydrogens (primary N) is 1. The largest absolute Gasteiger partial charge is 0.398 e. The molecule has 2 N–H and O–H groups in total. The van der Waals surface area contributed by atoms with Crippen molar-refractivity contribution in [1.29, 1.82) is 0 Å². The van der Waals surface area contributed by atoms with Crippen LogP contribution in [0.15, 0.2) is 40.9 Å². The molecule has 2 aromatic carbocycles. The molecule has 0 amide bonds. The molecular formula is C15H13BrClNO. The molecule has 0 aliphatic carbocycles. The zero-order chi connectivity index (χ0) is 14.0. The van der Waals surface area contributed by atoms with E-state index in [4.69, 9.17) is 17.3 Å². The molecular weight excluding hydrogens is 326 g/mol. The van der Waals surface area contributed by atoms with Crippen LogP contribution in [-0.4, -0.2) is 5.78 Å². The molecule has 0 aliphatic rings. The first-order chi connectivity index (χ1) is 8.99. The summed E-state index contributed by atoms with van der Waals surface area (Å²) in [7, 11) is 0. The molecule has 0 aromatic heterocycles. The molecule has 98 valence electrons. The second-order valence-corrected chi connectivity index (χ2v) is 5.68. The number of benzene rings is 2. The van der Waals surface area contributed by atoms with Crippen molar-refractivity contribution in [2.75, 3.05) is 5.73 Å². The van der Waals surface area contributed by atoms with Gasteiger partial charge in [0.15, 0.2) is 5.78 Å². The number of hydrogen-bond donors (Lipinski definition) is 1. The van der Waals surface area contributed by atoms with Gasteiger partial charge in [-0.3, -0.25) is 4.79 Å². The van der Waals surface area contributed by atoms with Crippen LogP contribution < -0.4 is 5.73 Å². The van der Waals surface area contributed by atoms with Gasteiger partial charge in [-0.1, -0.05) is 45.7 Å². The Balaban J connectivity index is 2.28. The minimum absolute atomic E-state index is 0.0222. The monoisotopic (exact) mass is 337 g/mol. The van der Waals surface area contributed by atoms with E-state index in [0.717, 1.165) is 15.6 Å². The fourth-order valence-corrected chi connectivity index (χ4v) is 2.63. The van der Waals surface area contributed by atoms with Gasteiger partial charge in [0.05, 0.1) is 0 Å². The highest BCUT2D eigenvalue weighted by Gasteiger charge is 2.13. The Morgan fingerprint density at radius 1 is 1.32 bits per heavy atom. The first-order valence-corrected chi connectivity index (χ1v) is 6.98. The fraction of sp³-hybridized carbons (Fsp3) is 0.133. The Morgan fingerprint density at radius 2 is 2.05 bits per heavy atom. The van der Waals surface area contributed by atoms with Crippen LogP contribution in [0.25, 0.3) is 0 Å². The summed E-state index contributed by atoms with van der Waals surface area (Å²) >= 11 is 9.47. The van der Waals surface area contributed by atoms with E-state index in [1.54, 1.807) is 24.3 Å². The van der Waals surface area contributed by atoms with E-state index in [1.807, 2.05) is 19.1 Å². The maximum Gasteiger partial charge on any atom is 0.167 e. The first-order valence-electron chi connectivity index (χ1n) is 5.81. The lowest BCUT2D eigenvalue weighted by atomic mass is 9.98. The third-order valence-corrected chi connectivity index (χ3v) is 3.89. The summed E-state index contributed by atoms with van der Waals surface area (Å²) < 4.78 is 0.897. The van der Waals surface area contributed by atoms with Gasteiger partial charge in [-0.2, -0.15) is 0 Å². The molecule has 0 atom stereocenters. The first kappa shape index (κ1) is 14.1. The molecule has 0 fully saturated rings. The summed E-state index contributed by atoms with van der Waals surface area (Å²) in [6, 6.07) is 10.9. The summed E-state index contributed by atoms with van der Waals surface area (Å²) in [4.78, 5) is 12.3. The normalized spacial score (nSPS) is 10.5. The maximum atomic E-state index is 12.3. The molecule has 2 aromatic rings. The van der Waals surface area contributed by atoms with Gasteiger partial charge in [0.1, 0.15) is 0 Å². The van der Waals surface area contributed by atoms with Crippen LogP contribution in [-0.2, 0) is 6.42 Å². The molecule has 0 radical (unpaired) electrons. The standard InChI is InChI=1S/C15H13BrClNO/c1-9-12(3-2-4-14(9)18)15(19)7-10-5-6-11(16)8-13(10)17/h2-6,8H,7,18H2,1H3. The van der Waals surface area contributed by atoms with E-state index in [0.29, 0.717) is 16.3 Å². The van der Waals surface area contributed by atoms with Gasteiger partial charge in [-0.15, -0.1) is 0 Å². The van der Waals surface area contributed by atoms with Gasteiger partial charge in [-0.25, -0.2) is 0 Å². The van der Waals surface area contributed by atoms with Crippen LogP contribution in [0.5, 0.6) is 0 Å². The summed E-state index contributed by atoms with van der Waals surface area (Å²) in [5.74, 6) is 0.0222. The van der Waals surface area contributed by atoms with E-state index >= 15 is 0 Å². The molecule has 0 unspecified atom stereocenters. The average molecular weight is 339 g/mol.